The molecular weight excluding hydrogens is 666 g/mol. The van der Waals surface area contributed by atoms with Crippen molar-refractivity contribution in [2.45, 2.75) is 26.7 Å². The molecule has 34 heavy (non-hydrogen) atoms. The van der Waals surface area contributed by atoms with Crippen LogP contribution < -0.4 is 0 Å². The zero-order chi connectivity index (χ0) is 25.7. The maximum Gasteiger partial charge on any atom is 0.336 e. The van der Waals surface area contributed by atoms with Gasteiger partial charge in [-0.05, 0) is 87.5 Å². The molecule has 0 aliphatic carbocycles. The Morgan fingerprint density at radius 2 is 1.79 bits per heavy atom. The average molecular weight is 686 g/mol. The zero-order valence-corrected chi connectivity index (χ0v) is 22.5. The summed E-state index contributed by atoms with van der Waals surface area (Å²) in [4.78, 5) is 24.2. The van der Waals surface area contributed by atoms with Gasteiger partial charge in [0.25, 0.3) is 0 Å². The predicted molar refractivity (Wildman–Crippen MR) is 144 cm³/mol. The molecule has 1 heterocycles. The molecule has 3 rings (SSSR count). The molecule has 12 heteroatoms. The minimum Gasteiger partial charge on any atom is -0.478 e. The summed E-state index contributed by atoms with van der Waals surface area (Å²) in [5.41, 5.74) is 10.2. The average Bonchev–Trinajstić information content (AvgIpc) is 3.30. The lowest BCUT2D eigenvalue weighted by Gasteiger charge is -2.03. The second-order valence-electron chi connectivity index (χ2n) is 6.19. The largest absolute Gasteiger partial charge is 0.478 e. The van der Waals surface area contributed by atoms with E-state index in [1.165, 1.54) is 12.1 Å². The van der Waals surface area contributed by atoms with Crippen LogP contribution in [0.3, 0.4) is 0 Å². The number of hydrogen-bond acceptors (Lipinski definition) is 5. The molecule has 0 spiro atoms. The smallest absolute Gasteiger partial charge is 0.336 e. The van der Waals surface area contributed by atoms with Crippen molar-refractivity contribution in [1.29, 1.82) is 0 Å². The Bertz CT molecular complexity index is 1250. The summed E-state index contributed by atoms with van der Waals surface area (Å²) < 4.78 is 3.07. The van der Waals surface area contributed by atoms with Crippen molar-refractivity contribution in [3.8, 4) is 18.0 Å². The number of carbonyl (C=O) groups is 2. The number of benzene rings is 2. The van der Waals surface area contributed by atoms with Crippen LogP contribution in [-0.2, 0) is 6.42 Å². The minimum atomic E-state index is -1.10. The predicted octanol–water partition coefficient (Wildman–Crippen LogP) is 6.09. The first kappa shape index (κ1) is 28.9. The molecule has 1 aromatic heterocycles. The van der Waals surface area contributed by atoms with E-state index in [1.54, 1.807) is 29.1 Å². The fourth-order valence-corrected chi connectivity index (χ4v) is 3.28. The molecule has 0 saturated carbocycles. The van der Waals surface area contributed by atoms with E-state index in [9.17, 15) is 9.59 Å². The van der Waals surface area contributed by atoms with Crippen LogP contribution in [0, 0.1) is 19.5 Å². The highest BCUT2D eigenvalue weighted by atomic mass is 127. The number of rotatable bonds is 5. The lowest BCUT2D eigenvalue weighted by Crippen LogP contribution is -2.03. The second-order valence-corrected chi connectivity index (χ2v) is 8.60. The summed E-state index contributed by atoms with van der Waals surface area (Å²) in [5, 5.41) is 29.0. The van der Waals surface area contributed by atoms with Gasteiger partial charge in [0.05, 0.1) is 34.4 Å². The Kier molecular flexibility index (Phi) is 12.6. The molecule has 2 aromatic carbocycles. The van der Waals surface area contributed by atoms with Crippen LogP contribution in [0.5, 0.6) is 0 Å². The fraction of sp³-hybridized carbons (Fsp3) is 0.182. The maximum atomic E-state index is 11.0. The number of carboxylic acids is 2. The number of terminal acetylenes is 1. The highest BCUT2D eigenvalue weighted by Crippen LogP contribution is 2.21. The van der Waals surface area contributed by atoms with Crippen LogP contribution in [-0.4, -0.2) is 37.1 Å². The summed E-state index contributed by atoms with van der Waals surface area (Å²) in [7, 11) is 0. The monoisotopic (exact) mass is 686 g/mol. The van der Waals surface area contributed by atoms with Gasteiger partial charge in [0, 0.05) is 18.5 Å². The summed E-state index contributed by atoms with van der Waals surface area (Å²) in [6, 6.07) is 9.78. The second kappa shape index (κ2) is 14.9. The number of aryl methyl sites for hydroxylation is 1. The SMILES string of the molecule is C#CCC.CCc1cn(-c2ccc(I)c(C(=O)O)c2)nn1.[N-]=[N+]=Nc1ccc(I)cc1C(=O)O. The van der Waals surface area contributed by atoms with Crippen molar-refractivity contribution in [3.05, 3.63) is 77.0 Å². The molecular formula is C22H20I2N6O4. The van der Waals surface area contributed by atoms with Gasteiger partial charge < -0.3 is 10.2 Å². The lowest BCUT2D eigenvalue weighted by atomic mass is 10.2. The standard InChI is InChI=1S/C11H10IN3O2.C7H4IN3O2.C4H6/c1-2-7-6-15(14-13-7)8-3-4-10(12)9(5-8)11(16)17;8-4-1-2-6(10-11-9)5(3-4)7(12)13;1-3-4-2/h3-6H,2H2,1H3,(H,16,17);1-3H,(H,12,13);1H,4H2,2H3. The number of azide groups is 1. The van der Waals surface area contributed by atoms with Crippen LogP contribution in [0.4, 0.5) is 5.69 Å². The van der Waals surface area contributed by atoms with Crippen LogP contribution in [0.15, 0.2) is 47.7 Å². The Morgan fingerprint density at radius 1 is 1.15 bits per heavy atom. The number of aromatic carboxylic acids is 2. The first-order valence-electron chi connectivity index (χ1n) is 9.64. The van der Waals surface area contributed by atoms with Gasteiger partial charge in [0.2, 0.25) is 0 Å². The van der Waals surface area contributed by atoms with E-state index in [2.05, 4.69) is 26.3 Å². The third-order valence-corrected chi connectivity index (χ3v) is 5.51. The van der Waals surface area contributed by atoms with E-state index in [0.29, 0.717) is 9.26 Å². The van der Waals surface area contributed by atoms with E-state index >= 15 is 0 Å². The summed E-state index contributed by atoms with van der Waals surface area (Å²) in [6.45, 7) is 3.94. The van der Waals surface area contributed by atoms with E-state index in [1.807, 2.05) is 65.1 Å². The van der Waals surface area contributed by atoms with Crippen LogP contribution in [0.1, 0.15) is 46.7 Å². The first-order chi connectivity index (χ1) is 16.2. The van der Waals surface area contributed by atoms with Crippen molar-refractivity contribution in [1.82, 2.24) is 15.0 Å². The van der Waals surface area contributed by atoms with Crippen LogP contribution >= 0.6 is 45.2 Å². The van der Waals surface area contributed by atoms with Crippen molar-refractivity contribution < 1.29 is 19.8 Å². The molecule has 3 aromatic rings. The number of nitrogens with zero attached hydrogens (tertiary/aromatic N) is 6. The van der Waals surface area contributed by atoms with Crippen LogP contribution in [0.25, 0.3) is 16.1 Å². The Morgan fingerprint density at radius 3 is 2.29 bits per heavy atom. The third kappa shape index (κ3) is 9.00. The minimum absolute atomic E-state index is 0.0182. The van der Waals surface area contributed by atoms with Gasteiger partial charge in [-0.15, -0.1) is 17.4 Å². The highest BCUT2D eigenvalue weighted by molar-refractivity contribution is 14.1. The molecule has 10 nitrogen and oxygen atoms in total. The number of hydrogen-bond donors (Lipinski definition) is 2. The maximum absolute atomic E-state index is 11.0. The van der Waals surface area contributed by atoms with Crippen molar-refractivity contribution in [3.63, 3.8) is 0 Å². The quantitative estimate of drug-likeness (QED) is 0.109. The molecule has 2 N–H and O–H groups in total. The van der Waals surface area contributed by atoms with Crippen LogP contribution in [0.2, 0.25) is 0 Å². The van der Waals surface area contributed by atoms with Gasteiger partial charge in [-0.1, -0.05) is 30.2 Å². The van der Waals surface area contributed by atoms with Gasteiger partial charge >= 0.3 is 11.9 Å². The summed E-state index contributed by atoms with van der Waals surface area (Å²) in [6.07, 6.45) is 8.23. The first-order valence-corrected chi connectivity index (χ1v) is 11.8. The van der Waals surface area contributed by atoms with Gasteiger partial charge in [0.15, 0.2) is 0 Å². The van der Waals surface area contributed by atoms with Crippen molar-refractivity contribution in [2.75, 3.05) is 0 Å². The Balaban J connectivity index is 0.000000302. The van der Waals surface area contributed by atoms with E-state index in [0.717, 1.165) is 22.1 Å². The molecule has 0 unspecified atom stereocenters. The normalized spacial score (nSPS) is 9.26. The molecule has 0 amide bonds. The van der Waals surface area contributed by atoms with Crippen molar-refractivity contribution >= 4 is 62.8 Å². The topological polar surface area (TPSA) is 154 Å². The van der Waals surface area contributed by atoms with Gasteiger partial charge in [-0.25, -0.2) is 14.3 Å². The Labute approximate surface area is 223 Å². The molecule has 0 aliphatic rings. The van der Waals surface area contributed by atoms with Gasteiger partial charge in [-0.2, -0.15) is 0 Å². The molecule has 176 valence electrons. The number of aromatic nitrogens is 3. The van der Waals surface area contributed by atoms with E-state index in [4.69, 9.17) is 22.2 Å². The molecule has 0 fully saturated rings. The highest BCUT2D eigenvalue weighted by Gasteiger charge is 2.11. The van der Waals surface area contributed by atoms with Crippen molar-refractivity contribution in [2.24, 2.45) is 5.11 Å². The number of halogens is 2. The molecule has 0 atom stereocenters. The molecule has 0 saturated heterocycles. The van der Waals surface area contributed by atoms with Gasteiger partial charge in [0.1, 0.15) is 0 Å². The molecule has 0 aliphatic heterocycles. The van der Waals surface area contributed by atoms with Gasteiger partial charge in [-0.3, -0.25) is 0 Å². The Hall–Kier alpha value is -3.15. The zero-order valence-electron chi connectivity index (χ0n) is 18.2. The molecule has 0 radical (unpaired) electrons. The van der Waals surface area contributed by atoms with E-state index in [-0.39, 0.29) is 16.8 Å². The van der Waals surface area contributed by atoms with E-state index < -0.39 is 11.9 Å². The summed E-state index contributed by atoms with van der Waals surface area (Å²) in [5.74, 6) is 0.396. The fourth-order valence-electron chi connectivity index (χ4n) is 2.22. The third-order valence-electron chi connectivity index (χ3n) is 3.89. The lowest BCUT2D eigenvalue weighted by molar-refractivity contribution is 0.0685. The summed E-state index contributed by atoms with van der Waals surface area (Å²) >= 11 is 3.98. The molecule has 0 bridgehead atoms. The number of carboxylic acid groups (broad SMARTS) is 2.